The summed E-state index contributed by atoms with van der Waals surface area (Å²) in [7, 11) is 0. The van der Waals surface area contributed by atoms with Gasteiger partial charge in [0.15, 0.2) is 5.78 Å². The fourth-order valence-electron chi connectivity index (χ4n) is 3.35. The topological polar surface area (TPSA) is 61.1 Å². The number of nitrogens with zero attached hydrogens (tertiary/aromatic N) is 1. The molecule has 2 aliphatic rings. The Kier molecular flexibility index (Phi) is 1.52. The van der Waals surface area contributed by atoms with Crippen molar-refractivity contribution >= 4 is 5.78 Å². The minimum absolute atomic E-state index is 0.197. The first-order chi connectivity index (χ1) is 6.30. The van der Waals surface area contributed by atoms with Gasteiger partial charge in [-0.3, -0.25) is 4.79 Å². The van der Waals surface area contributed by atoms with Gasteiger partial charge in [-0.1, -0.05) is 20.8 Å². The summed E-state index contributed by atoms with van der Waals surface area (Å²) in [5.41, 5.74) is -2.49. The van der Waals surface area contributed by atoms with Crippen LogP contribution in [0.3, 0.4) is 0 Å². The van der Waals surface area contributed by atoms with Gasteiger partial charge in [0.05, 0.1) is 0 Å². The Hall–Kier alpha value is -0.880. The zero-order valence-corrected chi connectivity index (χ0v) is 8.79. The number of hydrogen-bond donors (Lipinski definition) is 1. The molecule has 1 N–H and O–H groups in total. The molecule has 0 aromatic carbocycles. The van der Waals surface area contributed by atoms with Crippen LogP contribution in [0.5, 0.6) is 0 Å². The van der Waals surface area contributed by atoms with Crippen LogP contribution in [0, 0.1) is 28.1 Å². The number of Topliss-reactive ketones (excluding diaryl/α,β-unsaturated/α-hetero) is 1. The van der Waals surface area contributed by atoms with Crippen molar-refractivity contribution < 1.29 is 9.90 Å². The SMILES string of the molecule is CC12CCC(C(O)(C#N)C1=O)C2(C)C. The fraction of sp³-hybridized carbons (Fsp3) is 0.818. The summed E-state index contributed by atoms with van der Waals surface area (Å²) in [5, 5.41) is 19.0. The maximum Gasteiger partial charge on any atom is 0.213 e. The van der Waals surface area contributed by atoms with Gasteiger partial charge in [0, 0.05) is 11.3 Å². The molecule has 3 heteroatoms. The van der Waals surface area contributed by atoms with E-state index in [1.165, 1.54) is 0 Å². The lowest BCUT2D eigenvalue weighted by atomic mass is 9.70. The van der Waals surface area contributed by atoms with Gasteiger partial charge in [-0.2, -0.15) is 5.26 Å². The highest BCUT2D eigenvalue weighted by Crippen LogP contribution is 2.66. The molecule has 2 aliphatic carbocycles. The largest absolute Gasteiger partial charge is 0.369 e. The van der Waals surface area contributed by atoms with Crippen LogP contribution < -0.4 is 0 Å². The molecule has 2 rings (SSSR count). The molecule has 0 aromatic heterocycles. The van der Waals surface area contributed by atoms with Crippen molar-refractivity contribution in [2.24, 2.45) is 16.7 Å². The van der Waals surface area contributed by atoms with Gasteiger partial charge in [0.25, 0.3) is 0 Å². The zero-order valence-electron chi connectivity index (χ0n) is 8.79. The van der Waals surface area contributed by atoms with Gasteiger partial charge in [-0.05, 0) is 18.3 Å². The Morgan fingerprint density at radius 3 is 2.36 bits per heavy atom. The molecule has 2 fully saturated rings. The van der Waals surface area contributed by atoms with Crippen LogP contribution in [-0.4, -0.2) is 16.5 Å². The molecule has 3 nitrogen and oxygen atoms in total. The van der Waals surface area contributed by atoms with Crippen molar-refractivity contribution in [2.45, 2.75) is 39.2 Å². The molecule has 2 bridgehead atoms. The van der Waals surface area contributed by atoms with Crippen LogP contribution in [-0.2, 0) is 4.79 Å². The minimum Gasteiger partial charge on any atom is -0.369 e. The summed E-state index contributed by atoms with van der Waals surface area (Å²) < 4.78 is 0. The summed E-state index contributed by atoms with van der Waals surface area (Å²) in [4.78, 5) is 12.0. The summed E-state index contributed by atoms with van der Waals surface area (Å²) >= 11 is 0. The van der Waals surface area contributed by atoms with Gasteiger partial charge in [-0.25, -0.2) is 0 Å². The molecule has 0 radical (unpaired) electrons. The summed E-state index contributed by atoms with van der Waals surface area (Å²) in [6.45, 7) is 5.85. The fourth-order valence-corrected chi connectivity index (χ4v) is 3.35. The predicted octanol–water partition coefficient (Wildman–Crippen LogP) is 1.27. The average Bonchev–Trinajstić information content (AvgIpc) is 2.41. The van der Waals surface area contributed by atoms with Gasteiger partial charge in [0.1, 0.15) is 6.07 Å². The molecular weight excluding hydrogens is 178 g/mol. The second-order valence-electron chi connectivity index (χ2n) is 5.35. The third kappa shape index (κ3) is 0.674. The molecule has 0 spiro atoms. The molecule has 0 aliphatic heterocycles. The van der Waals surface area contributed by atoms with Crippen LogP contribution in [0.1, 0.15) is 33.6 Å². The normalized spacial score (nSPS) is 49.4. The number of rotatable bonds is 0. The van der Waals surface area contributed by atoms with Gasteiger partial charge in [-0.15, -0.1) is 0 Å². The van der Waals surface area contributed by atoms with Crippen LogP contribution >= 0.6 is 0 Å². The molecule has 2 saturated carbocycles. The first-order valence-electron chi connectivity index (χ1n) is 4.99. The van der Waals surface area contributed by atoms with Crippen molar-refractivity contribution in [3.63, 3.8) is 0 Å². The monoisotopic (exact) mass is 193 g/mol. The second-order valence-corrected chi connectivity index (χ2v) is 5.35. The number of carbonyl (C=O) groups is 1. The van der Waals surface area contributed by atoms with E-state index >= 15 is 0 Å². The van der Waals surface area contributed by atoms with E-state index in [0.717, 1.165) is 12.8 Å². The summed E-state index contributed by atoms with van der Waals surface area (Å²) in [6.07, 6.45) is 1.58. The Bertz CT molecular complexity index is 355. The Morgan fingerprint density at radius 1 is 1.50 bits per heavy atom. The molecule has 0 heterocycles. The quantitative estimate of drug-likeness (QED) is 0.589. The van der Waals surface area contributed by atoms with E-state index in [9.17, 15) is 9.90 Å². The van der Waals surface area contributed by atoms with Crippen molar-refractivity contribution in [2.75, 3.05) is 0 Å². The number of fused-ring (bicyclic) bond motifs is 2. The highest BCUT2D eigenvalue weighted by molar-refractivity contribution is 5.99. The smallest absolute Gasteiger partial charge is 0.213 e. The van der Waals surface area contributed by atoms with Crippen molar-refractivity contribution in [1.29, 1.82) is 5.26 Å². The van der Waals surface area contributed by atoms with E-state index in [1.54, 1.807) is 0 Å². The molecule has 14 heavy (non-hydrogen) atoms. The number of carbonyl (C=O) groups excluding carboxylic acids is 1. The van der Waals surface area contributed by atoms with Gasteiger partial charge < -0.3 is 5.11 Å². The second kappa shape index (κ2) is 2.20. The molecule has 3 unspecified atom stereocenters. The standard InChI is InChI=1S/C11H15NO2/c1-9(2)7-4-5-10(9,3)8(13)11(7,14)6-12/h7,14H,4-5H2,1-3H3. The van der Waals surface area contributed by atoms with Crippen LogP contribution in [0.2, 0.25) is 0 Å². The Morgan fingerprint density at radius 2 is 2.07 bits per heavy atom. The first kappa shape index (κ1) is 9.67. The van der Waals surface area contributed by atoms with Crippen molar-refractivity contribution in [3.8, 4) is 6.07 Å². The Labute approximate surface area is 83.7 Å². The average molecular weight is 193 g/mol. The summed E-state index contributed by atoms with van der Waals surface area (Å²) in [5.74, 6) is -0.466. The maximum atomic E-state index is 12.0. The number of ketones is 1. The number of hydrogen-bond acceptors (Lipinski definition) is 3. The van der Waals surface area contributed by atoms with E-state index in [-0.39, 0.29) is 17.1 Å². The molecule has 0 saturated heterocycles. The molecule has 0 amide bonds. The summed E-state index contributed by atoms with van der Waals surface area (Å²) in [6, 6.07) is 1.81. The van der Waals surface area contributed by atoms with Crippen LogP contribution in [0.4, 0.5) is 0 Å². The van der Waals surface area contributed by atoms with Gasteiger partial charge >= 0.3 is 0 Å². The predicted molar refractivity (Wildman–Crippen MR) is 50.2 cm³/mol. The van der Waals surface area contributed by atoms with Crippen molar-refractivity contribution in [3.05, 3.63) is 0 Å². The van der Waals surface area contributed by atoms with E-state index in [1.807, 2.05) is 26.8 Å². The van der Waals surface area contributed by atoms with Crippen molar-refractivity contribution in [1.82, 2.24) is 0 Å². The highest BCUT2D eigenvalue weighted by atomic mass is 16.3. The molecule has 3 atom stereocenters. The van der Waals surface area contributed by atoms with E-state index < -0.39 is 11.0 Å². The van der Waals surface area contributed by atoms with Crippen LogP contribution in [0.25, 0.3) is 0 Å². The molecular formula is C11H15NO2. The lowest BCUT2D eigenvalue weighted by Gasteiger charge is -2.31. The lowest BCUT2D eigenvalue weighted by Crippen LogP contribution is -2.45. The molecule has 76 valence electrons. The number of aliphatic hydroxyl groups is 1. The van der Waals surface area contributed by atoms with Gasteiger partial charge in [0.2, 0.25) is 5.60 Å². The zero-order chi connectivity index (χ0) is 10.8. The third-order valence-electron chi connectivity index (χ3n) is 4.75. The highest BCUT2D eigenvalue weighted by Gasteiger charge is 2.73. The maximum absolute atomic E-state index is 12.0. The van der Waals surface area contributed by atoms with E-state index in [2.05, 4.69) is 0 Å². The van der Waals surface area contributed by atoms with E-state index in [4.69, 9.17) is 5.26 Å². The van der Waals surface area contributed by atoms with E-state index in [0.29, 0.717) is 0 Å². The molecule has 0 aromatic rings. The first-order valence-corrected chi connectivity index (χ1v) is 4.99. The third-order valence-corrected chi connectivity index (χ3v) is 4.75. The minimum atomic E-state index is -1.73. The Balaban J connectivity index is 2.62. The number of nitriles is 1. The van der Waals surface area contributed by atoms with Crippen LogP contribution in [0.15, 0.2) is 0 Å². The lowest BCUT2D eigenvalue weighted by molar-refractivity contribution is -0.140.